The van der Waals surface area contributed by atoms with Crippen molar-refractivity contribution in [1.82, 2.24) is 10.6 Å². The first-order valence-electron chi connectivity index (χ1n) is 7.61. The molecule has 0 saturated carbocycles. The number of hydrogen-bond donors (Lipinski definition) is 5. The molecule has 0 bridgehead atoms. The van der Waals surface area contributed by atoms with Crippen LogP contribution in [-0.2, 0) is 4.79 Å². The van der Waals surface area contributed by atoms with Gasteiger partial charge in [-0.05, 0) is 44.2 Å². The summed E-state index contributed by atoms with van der Waals surface area (Å²) in [6.07, 6.45) is -0.465. The molecule has 0 heterocycles. The molecular weight excluding hydrogens is 314 g/mol. The van der Waals surface area contributed by atoms with Crippen molar-refractivity contribution in [3.05, 3.63) is 35.4 Å². The van der Waals surface area contributed by atoms with E-state index in [9.17, 15) is 19.5 Å². The number of rotatable bonds is 9. The molecule has 1 aromatic rings. The van der Waals surface area contributed by atoms with Gasteiger partial charge in [0.2, 0.25) is 0 Å². The number of carbonyl (C=O) groups is 3. The highest BCUT2D eigenvalue weighted by atomic mass is 16.3. The summed E-state index contributed by atoms with van der Waals surface area (Å²) >= 11 is 0. The van der Waals surface area contributed by atoms with Crippen molar-refractivity contribution in [3.8, 4) is 0 Å². The highest BCUT2D eigenvalue weighted by Gasteiger charge is 2.25. The third kappa shape index (κ3) is 5.73. The fourth-order valence-electron chi connectivity index (χ4n) is 1.97. The Morgan fingerprint density at radius 2 is 1.67 bits per heavy atom. The Hall–Kier alpha value is -2.29. The molecule has 0 fully saturated rings. The Morgan fingerprint density at radius 3 is 2.12 bits per heavy atom. The Labute approximate surface area is 140 Å². The molecule has 24 heavy (non-hydrogen) atoms. The summed E-state index contributed by atoms with van der Waals surface area (Å²) in [6.45, 7) is 1.51. The van der Waals surface area contributed by atoms with E-state index in [0.29, 0.717) is 25.1 Å². The molecule has 0 unspecified atom stereocenters. The number of benzene rings is 1. The van der Waals surface area contributed by atoms with E-state index in [1.54, 1.807) is 0 Å². The molecule has 0 aliphatic rings. The average Bonchev–Trinajstić information content (AvgIpc) is 2.58. The molecular formula is C16H23N3O5. The predicted molar refractivity (Wildman–Crippen MR) is 87.5 cm³/mol. The molecule has 0 saturated heterocycles. The molecule has 1 rings (SSSR count). The van der Waals surface area contributed by atoms with Crippen LogP contribution in [0.1, 0.15) is 34.1 Å². The number of amides is 2. The van der Waals surface area contributed by atoms with Crippen molar-refractivity contribution >= 4 is 17.6 Å². The van der Waals surface area contributed by atoms with Gasteiger partial charge in [0.25, 0.3) is 11.8 Å². The number of nitrogens with two attached hydrogens (primary N) is 1. The van der Waals surface area contributed by atoms with Gasteiger partial charge in [0.1, 0.15) is 12.6 Å². The van der Waals surface area contributed by atoms with Crippen molar-refractivity contribution in [2.24, 2.45) is 5.73 Å². The summed E-state index contributed by atoms with van der Waals surface area (Å²) in [5.74, 6) is -1.54. The Balaban J connectivity index is 2.72. The van der Waals surface area contributed by atoms with Crippen molar-refractivity contribution in [2.45, 2.75) is 25.5 Å². The third-order valence-electron chi connectivity index (χ3n) is 3.35. The van der Waals surface area contributed by atoms with E-state index >= 15 is 0 Å². The fourth-order valence-corrected chi connectivity index (χ4v) is 1.97. The lowest BCUT2D eigenvalue weighted by molar-refractivity contribution is -0.125. The molecule has 2 amide bonds. The Kier molecular flexibility index (Phi) is 8.03. The SMILES string of the molecule is C[C@@H](O)[C@H](NC(=O)c1ccc(C(=O)NCCCN)cc1)C(=O)CO. The van der Waals surface area contributed by atoms with Crippen LogP contribution in [0.15, 0.2) is 24.3 Å². The highest BCUT2D eigenvalue weighted by Crippen LogP contribution is 2.06. The molecule has 0 aliphatic heterocycles. The molecule has 8 nitrogen and oxygen atoms in total. The summed E-state index contributed by atoms with van der Waals surface area (Å²) in [4.78, 5) is 35.4. The number of carbonyl (C=O) groups excluding carboxylic acids is 3. The van der Waals surface area contributed by atoms with Gasteiger partial charge in [-0.1, -0.05) is 0 Å². The van der Waals surface area contributed by atoms with Gasteiger partial charge in [-0.3, -0.25) is 14.4 Å². The van der Waals surface area contributed by atoms with Gasteiger partial charge >= 0.3 is 0 Å². The Bertz CT molecular complexity index is 572. The number of Topliss-reactive ketones (excluding diaryl/α,β-unsaturated/α-hetero) is 1. The number of nitrogens with one attached hydrogen (secondary N) is 2. The van der Waals surface area contributed by atoms with Gasteiger partial charge in [-0.25, -0.2) is 0 Å². The van der Waals surface area contributed by atoms with Crippen LogP contribution in [-0.4, -0.2) is 59.7 Å². The molecule has 8 heteroatoms. The second kappa shape index (κ2) is 9.76. The van der Waals surface area contributed by atoms with Crippen LogP contribution in [0.5, 0.6) is 0 Å². The molecule has 0 aliphatic carbocycles. The zero-order valence-electron chi connectivity index (χ0n) is 13.5. The van der Waals surface area contributed by atoms with E-state index in [1.165, 1.54) is 31.2 Å². The first kappa shape index (κ1) is 19.8. The lowest BCUT2D eigenvalue weighted by atomic mass is 10.1. The highest BCUT2D eigenvalue weighted by molar-refractivity contribution is 6.00. The normalized spacial score (nSPS) is 13.0. The first-order chi connectivity index (χ1) is 11.4. The number of ketones is 1. The molecule has 0 aromatic heterocycles. The van der Waals surface area contributed by atoms with E-state index in [4.69, 9.17) is 10.8 Å². The Morgan fingerprint density at radius 1 is 1.12 bits per heavy atom. The fraction of sp³-hybridized carbons (Fsp3) is 0.438. The van der Waals surface area contributed by atoms with Crippen LogP contribution in [0, 0.1) is 0 Å². The van der Waals surface area contributed by atoms with Gasteiger partial charge < -0.3 is 26.6 Å². The summed E-state index contributed by atoms with van der Waals surface area (Å²) in [6, 6.07) is 4.66. The molecule has 0 spiro atoms. The second-order valence-corrected chi connectivity index (χ2v) is 5.29. The van der Waals surface area contributed by atoms with Crippen molar-refractivity contribution < 1.29 is 24.6 Å². The molecule has 6 N–H and O–H groups in total. The minimum Gasteiger partial charge on any atom is -0.391 e. The smallest absolute Gasteiger partial charge is 0.251 e. The maximum absolute atomic E-state index is 12.1. The van der Waals surface area contributed by atoms with Crippen LogP contribution in [0.2, 0.25) is 0 Å². The van der Waals surface area contributed by atoms with Crippen LogP contribution in [0.4, 0.5) is 0 Å². The summed E-state index contributed by atoms with van der Waals surface area (Å²) in [7, 11) is 0. The van der Waals surface area contributed by atoms with E-state index in [1.807, 2.05) is 0 Å². The minimum absolute atomic E-state index is 0.227. The van der Waals surface area contributed by atoms with Crippen molar-refractivity contribution in [1.29, 1.82) is 0 Å². The summed E-state index contributed by atoms with van der Waals surface area (Å²) in [5.41, 5.74) is 5.96. The number of aliphatic hydroxyl groups excluding tert-OH is 2. The van der Waals surface area contributed by atoms with Gasteiger partial charge in [0.15, 0.2) is 5.78 Å². The molecule has 0 radical (unpaired) electrons. The zero-order chi connectivity index (χ0) is 18.1. The minimum atomic E-state index is -1.19. The van der Waals surface area contributed by atoms with E-state index in [2.05, 4.69) is 10.6 Å². The van der Waals surface area contributed by atoms with Crippen LogP contribution < -0.4 is 16.4 Å². The standard InChI is InChI=1S/C16H23N3O5/c1-10(21)14(13(22)9-20)19-16(24)12-5-3-11(4-6-12)15(23)18-8-2-7-17/h3-6,10,14,20-21H,2,7-9,17H2,1H3,(H,18,23)(H,19,24)/t10-,14+/m1/s1. The number of aliphatic hydroxyl groups is 2. The van der Waals surface area contributed by atoms with Crippen molar-refractivity contribution in [3.63, 3.8) is 0 Å². The van der Waals surface area contributed by atoms with E-state index in [0.717, 1.165) is 0 Å². The summed E-state index contributed by atoms with van der Waals surface area (Å²) in [5, 5.41) is 23.4. The predicted octanol–water partition coefficient (Wildman–Crippen LogP) is -1.19. The van der Waals surface area contributed by atoms with Crippen molar-refractivity contribution in [2.75, 3.05) is 19.7 Å². The maximum atomic E-state index is 12.1. The lowest BCUT2D eigenvalue weighted by Crippen LogP contribution is -2.48. The topological polar surface area (TPSA) is 142 Å². The van der Waals surface area contributed by atoms with Crippen LogP contribution >= 0.6 is 0 Å². The lowest BCUT2D eigenvalue weighted by Gasteiger charge is -2.19. The molecule has 132 valence electrons. The number of hydrogen-bond acceptors (Lipinski definition) is 6. The molecule has 1 aromatic carbocycles. The maximum Gasteiger partial charge on any atom is 0.251 e. The van der Waals surface area contributed by atoms with Gasteiger partial charge in [0.05, 0.1) is 6.10 Å². The van der Waals surface area contributed by atoms with E-state index in [-0.39, 0.29) is 11.5 Å². The zero-order valence-corrected chi connectivity index (χ0v) is 13.5. The first-order valence-corrected chi connectivity index (χ1v) is 7.61. The van der Waals surface area contributed by atoms with E-state index < -0.39 is 30.4 Å². The third-order valence-corrected chi connectivity index (χ3v) is 3.35. The van der Waals surface area contributed by atoms with Gasteiger partial charge in [0, 0.05) is 17.7 Å². The second-order valence-electron chi connectivity index (χ2n) is 5.29. The summed E-state index contributed by atoms with van der Waals surface area (Å²) < 4.78 is 0. The van der Waals surface area contributed by atoms with Crippen LogP contribution in [0.25, 0.3) is 0 Å². The van der Waals surface area contributed by atoms with Gasteiger partial charge in [-0.15, -0.1) is 0 Å². The quantitative estimate of drug-likeness (QED) is 0.359. The largest absolute Gasteiger partial charge is 0.391 e. The van der Waals surface area contributed by atoms with Gasteiger partial charge in [-0.2, -0.15) is 0 Å². The average molecular weight is 337 g/mol. The monoisotopic (exact) mass is 337 g/mol. The molecule has 2 atom stereocenters. The van der Waals surface area contributed by atoms with Crippen LogP contribution in [0.3, 0.4) is 0 Å².